The van der Waals surface area contributed by atoms with Gasteiger partial charge in [-0.1, -0.05) is 30.3 Å². The molecule has 2 aromatic rings. The summed E-state index contributed by atoms with van der Waals surface area (Å²) < 4.78 is 10.7. The van der Waals surface area contributed by atoms with Crippen LogP contribution in [-0.2, 0) is 11.3 Å². The van der Waals surface area contributed by atoms with Gasteiger partial charge in [0.05, 0.1) is 44.3 Å². The maximum Gasteiger partial charge on any atom is 0.314 e. The van der Waals surface area contributed by atoms with E-state index in [4.69, 9.17) is 9.47 Å². The lowest BCUT2D eigenvalue weighted by atomic mass is 10.2. The SMILES string of the molecule is COc1ccc(O[C@@H](C)C(=O)N2CC[NH+](Cc3ccccc3)CC2)c([N+](=O)[O-])c1. The molecule has 0 saturated carbocycles. The molecule has 0 bridgehead atoms. The number of carbonyl (C=O) groups excluding carboxylic acids is 1. The van der Waals surface area contributed by atoms with E-state index in [0.717, 1.165) is 19.6 Å². The van der Waals surface area contributed by atoms with Gasteiger partial charge in [0.15, 0.2) is 11.9 Å². The minimum absolute atomic E-state index is 0.0602. The second kappa shape index (κ2) is 9.38. The van der Waals surface area contributed by atoms with E-state index >= 15 is 0 Å². The predicted molar refractivity (Wildman–Crippen MR) is 107 cm³/mol. The highest BCUT2D eigenvalue weighted by Crippen LogP contribution is 2.31. The molecular weight excluding hydrogens is 374 g/mol. The zero-order valence-electron chi connectivity index (χ0n) is 16.7. The maximum atomic E-state index is 12.8. The molecule has 0 radical (unpaired) electrons. The van der Waals surface area contributed by atoms with Gasteiger partial charge in [0.25, 0.3) is 5.91 Å². The number of nitro groups is 1. The van der Waals surface area contributed by atoms with Crippen LogP contribution < -0.4 is 14.4 Å². The zero-order valence-corrected chi connectivity index (χ0v) is 16.7. The first kappa shape index (κ1) is 20.6. The number of ether oxygens (including phenoxy) is 2. The van der Waals surface area contributed by atoms with Gasteiger partial charge in [-0.15, -0.1) is 0 Å². The van der Waals surface area contributed by atoms with Crippen molar-refractivity contribution in [3.05, 3.63) is 64.2 Å². The summed E-state index contributed by atoms with van der Waals surface area (Å²) in [5.41, 5.74) is 1.06. The zero-order chi connectivity index (χ0) is 20.8. The number of benzene rings is 2. The first-order valence-corrected chi connectivity index (χ1v) is 9.63. The van der Waals surface area contributed by atoms with Crippen LogP contribution in [0.3, 0.4) is 0 Å². The van der Waals surface area contributed by atoms with Gasteiger partial charge in [0.2, 0.25) is 0 Å². The Hall–Kier alpha value is -3.13. The van der Waals surface area contributed by atoms with Crippen LogP contribution in [0.5, 0.6) is 11.5 Å². The summed E-state index contributed by atoms with van der Waals surface area (Å²) in [6.45, 7) is 5.55. The van der Waals surface area contributed by atoms with Crippen LogP contribution in [0.15, 0.2) is 48.5 Å². The largest absolute Gasteiger partial charge is 0.496 e. The summed E-state index contributed by atoms with van der Waals surface area (Å²) >= 11 is 0. The van der Waals surface area contributed by atoms with Crippen LogP contribution in [0.1, 0.15) is 12.5 Å². The Balaban J connectivity index is 1.57. The Morgan fingerprint density at radius 2 is 1.90 bits per heavy atom. The molecule has 3 rings (SSSR count). The Kier molecular flexibility index (Phi) is 6.66. The monoisotopic (exact) mass is 400 g/mol. The third-order valence-corrected chi connectivity index (χ3v) is 5.09. The van der Waals surface area contributed by atoms with Crippen molar-refractivity contribution in [3.63, 3.8) is 0 Å². The smallest absolute Gasteiger partial charge is 0.314 e. The van der Waals surface area contributed by atoms with Gasteiger partial charge in [-0.2, -0.15) is 0 Å². The van der Waals surface area contributed by atoms with Crippen molar-refractivity contribution < 1.29 is 24.1 Å². The molecule has 1 amide bonds. The molecule has 0 aromatic heterocycles. The molecule has 0 aliphatic carbocycles. The molecule has 1 N–H and O–H groups in total. The van der Waals surface area contributed by atoms with Crippen molar-refractivity contribution in [3.8, 4) is 11.5 Å². The highest BCUT2D eigenvalue weighted by molar-refractivity contribution is 5.81. The van der Waals surface area contributed by atoms with Crippen molar-refractivity contribution in [1.82, 2.24) is 4.90 Å². The summed E-state index contributed by atoms with van der Waals surface area (Å²) in [6, 6.07) is 14.6. The number of amides is 1. The number of nitro benzene ring substituents is 1. The second-order valence-corrected chi connectivity index (χ2v) is 7.09. The topological polar surface area (TPSA) is 86.3 Å². The molecule has 1 atom stereocenters. The van der Waals surface area contributed by atoms with Crippen LogP contribution in [-0.4, -0.2) is 55.1 Å². The third kappa shape index (κ3) is 5.23. The molecule has 0 unspecified atom stereocenters. The van der Waals surface area contributed by atoms with Gasteiger partial charge in [-0.05, 0) is 19.1 Å². The fourth-order valence-corrected chi connectivity index (χ4v) is 3.47. The fourth-order valence-electron chi connectivity index (χ4n) is 3.47. The van der Waals surface area contributed by atoms with E-state index in [1.54, 1.807) is 17.9 Å². The van der Waals surface area contributed by atoms with E-state index in [-0.39, 0.29) is 17.3 Å². The van der Waals surface area contributed by atoms with Gasteiger partial charge in [-0.25, -0.2) is 0 Å². The van der Waals surface area contributed by atoms with Crippen molar-refractivity contribution in [2.75, 3.05) is 33.3 Å². The van der Waals surface area contributed by atoms with E-state index in [1.165, 1.54) is 29.7 Å². The highest BCUT2D eigenvalue weighted by Gasteiger charge is 2.29. The number of carbonyl (C=O) groups is 1. The van der Waals surface area contributed by atoms with E-state index in [9.17, 15) is 14.9 Å². The molecular formula is C21H26N3O5+. The summed E-state index contributed by atoms with van der Waals surface area (Å²) in [4.78, 5) is 26.7. The maximum absolute atomic E-state index is 12.8. The second-order valence-electron chi connectivity index (χ2n) is 7.09. The first-order valence-electron chi connectivity index (χ1n) is 9.63. The Labute approximate surface area is 169 Å². The molecule has 1 aliphatic heterocycles. The molecule has 1 heterocycles. The average molecular weight is 400 g/mol. The standard InChI is InChI=1S/C21H25N3O5/c1-16(29-20-9-8-18(28-2)14-19(20)24(26)27)21(25)23-12-10-22(11-13-23)15-17-6-4-3-5-7-17/h3-9,14,16H,10-13,15H2,1-2H3/p+1/t16-/m0/s1. The average Bonchev–Trinajstić information content (AvgIpc) is 2.74. The van der Waals surface area contributed by atoms with Gasteiger partial charge in [-0.3, -0.25) is 14.9 Å². The molecule has 8 heteroatoms. The van der Waals surface area contributed by atoms with Crippen LogP contribution in [0, 0.1) is 10.1 Å². The number of nitrogens with zero attached hydrogens (tertiary/aromatic N) is 2. The van der Waals surface area contributed by atoms with E-state index < -0.39 is 11.0 Å². The summed E-state index contributed by atoms with van der Waals surface area (Å²) in [6.07, 6.45) is -0.808. The van der Waals surface area contributed by atoms with Crippen LogP contribution in [0.25, 0.3) is 0 Å². The minimum Gasteiger partial charge on any atom is -0.496 e. The van der Waals surface area contributed by atoms with Crippen LogP contribution in [0.4, 0.5) is 5.69 Å². The first-order chi connectivity index (χ1) is 14.0. The molecule has 0 spiro atoms. The molecule has 1 saturated heterocycles. The number of hydrogen-bond acceptors (Lipinski definition) is 5. The predicted octanol–water partition coefficient (Wildman–Crippen LogP) is 1.30. The number of piperazine rings is 1. The van der Waals surface area contributed by atoms with E-state index in [0.29, 0.717) is 18.8 Å². The van der Waals surface area contributed by atoms with Gasteiger partial charge in [0.1, 0.15) is 12.3 Å². The molecule has 154 valence electrons. The molecule has 29 heavy (non-hydrogen) atoms. The number of nitrogens with one attached hydrogen (secondary N) is 1. The fraction of sp³-hybridized carbons (Fsp3) is 0.381. The van der Waals surface area contributed by atoms with E-state index in [2.05, 4.69) is 12.1 Å². The van der Waals surface area contributed by atoms with Crippen molar-refractivity contribution >= 4 is 11.6 Å². The Morgan fingerprint density at radius 1 is 1.21 bits per heavy atom. The minimum atomic E-state index is -0.808. The van der Waals surface area contributed by atoms with Gasteiger partial charge >= 0.3 is 5.69 Å². The molecule has 2 aromatic carbocycles. The summed E-state index contributed by atoms with van der Waals surface area (Å²) in [5.74, 6) is 0.263. The molecule has 1 fully saturated rings. The number of hydrogen-bond donors (Lipinski definition) is 1. The van der Waals surface area contributed by atoms with Crippen molar-refractivity contribution in [2.45, 2.75) is 19.6 Å². The lowest BCUT2D eigenvalue weighted by Gasteiger charge is -2.33. The third-order valence-electron chi connectivity index (χ3n) is 5.09. The highest BCUT2D eigenvalue weighted by atomic mass is 16.6. The number of methoxy groups -OCH3 is 1. The molecule has 1 aliphatic rings. The van der Waals surface area contributed by atoms with Gasteiger partial charge < -0.3 is 19.3 Å². The van der Waals surface area contributed by atoms with Crippen molar-refractivity contribution in [2.24, 2.45) is 0 Å². The lowest BCUT2D eigenvalue weighted by Crippen LogP contribution is -3.13. The van der Waals surface area contributed by atoms with Crippen LogP contribution in [0.2, 0.25) is 0 Å². The van der Waals surface area contributed by atoms with Crippen molar-refractivity contribution in [1.29, 1.82) is 0 Å². The summed E-state index contributed by atoms with van der Waals surface area (Å²) in [7, 11) is 1.44. The molecule has 8 nitrogen and oxygen atoms in total. The quantitative estimate of drug-likeness (QED) is 0.559. The number of quaternary nitrogens is 1. The normalized spacial score (nSPS) is 15.6. The number of rotatable bonds is 7. The van der Waals surface area contributed by atoms with Gasteiger partial charge in [0, 0.05) is 5.56 Å². The lowest BCUT2D eigenvalue weighted by molar-refractivity contribution is -0.917. The Bertz CT molecular complexity index is 851. The van der Waals surface area contributed by atoms with Crippen LogP contribution >= 0.6 is 0 Å². The summed E-state index contributed by atoms with van der Waals surface area (Å²) in [5, 5.41) is 11.3. The van der Waals surface area contributed by atoms with E-state index in [1.807, 2.05) is 18.2 Å². The Morgan fingerprint density at radius 3 is 2.52 bits per heavy atom.